The highest BCUT2D eigenvalue weighted by atomic mass is 16.3. The van der Waals surface area contributed by atoms with E-state index in [0.29, 0.717) is 5.56 Å². The van der Waals surface area contributed by atoms with Gasteiger partial charge in [0.2, 0.25) is 0 Å². The van der Waals surface area contributed by atoms with E-state index in [1.807, 2.05) is 12.1 Å². The molecule has 1 N–H and O–H groups in total. The predicted octanol–water partition coefficient (Wildman–Crippen LogP) is 4.54. The Labute approximate surface area is 123 Å². The maximum atomic E-state index is 11.4. The Kier molecular flexibility index (Phi) is 8.97. The van der Waals surface area contributed by atoms with Gasteiger partial charge in [-0.1, -0.05) is 70.1 Å². The van der Waals surface area contributed by atoms with Crippen molar-refractivity contribution in [3.63, 3.8) is 0 Å². The van der Waals surface area contributed by atoms with Crippen molar-refractivity contribution in [1.82, 2.24) is 0 Å². The number of benzene rings is 1. The van der Waals surface area contributed by atoms with E-state index in [1.54, 1.807) is 6.07 Å². The van der Waals surface area contributed by atoms with Crippen molar-refractivity contribution >= 4 is 5.78 Å². The average molecular weight is 276 g/mol. The first-order chi connectivity index (χ1) is 9.77. The molecule has 0 atom stereocenters. The monoisotopic (exact) mass is 276 g/mol. The lowest BCUT2D eigenvalue weighted by Gasteiger charge is -2.04. The molecule has 0 aliphatic carbocycles. The summed E-state index contributed by atoms with van der Waals surface area (Å²) in [4.78, 5) is 11.4. The van der Waals surface area contributed by atoms with E-state index in [-0.39, 0.29) is 5.78 Å². The smallest absolute Gasteiger partial charge is 0.188 e. The molecule has 1 aromatic rings. The molecule has 1 aromatic carbocycles. The van der Waals surface area contributed by atoms with Gasteiger partial charge in [-0.2, -0.15) is 0 Å². The van der Waals surface area contributed by atoms with Gasteiger partial charge in [0.25, 0.3) is 0 Å². The minimum atomic E-state index is -0.402. The molecule has 0 amide bonds. The third kappa shape index (κ3) is 6.85. The fourth-order valence-corrected chi connectivity index (χ4v) is 2.45. The summed E-state index contributed by atoms with van der Waals surface area (Å²) in [6.07, 6.45) is 11.6. The first-order valence-corrected chi connectivity index (χ1v) is 8.01. The lowest BCUT2D eigenvalue weighted by molar-refractivity contribution is 0.0903. The van der Waals surface area contributed by atoms with Crippen molar-refractivity contribution in [3.8, 4) is 0 Å². The van der Waals surface area contributed by atoms with Gasteiger partial charge in [0.05, 0.1) is 0 Å². The molecule has 2 heteroatoms. The van der Waals surface area contributed by atoms with E-state index in [1.165, 1.54) is 56.9 Å². The zero-order valence-corrected chi connectivity index (χ0v) is 12.7. The minimum Gasteiger partial charge on any atom is -0.388 e. The summed E-state index contributed by atoms with van der Waals surface area (Å²) in [5.74, 6) is -0.192. The van der Waals surface area contributed by atoms with Crippen molar-refractivity contribution in [3.05, 3.63) is 35.4 Å². The van der Waals surface area contributed by atoms with Crippen LogP contribution < -0.4 is 0 Å². The Morgan fingerprint density at radius 1 is 1.00 bits per heavy atom. The van der Waals surface area contributed by atoms with Crippen LogP contribution in [0.5, 0.6) is 0 Å². The van der Waals surface area contributed by atoms with Gasteiger partial charge in [0.15, 0.2) is 5.78 Å². The number of carbonyl (C=O) groups excluding carboxylic acids is 1. The molecule has 0 spiro atoms. The Morgan fingerprint density at radius 2 is 1.65 bits per heavy atom. The lowest BCUT2D eigenvalue weighted by Crippen LogP contribution is -2.04. The molecule has 2 nitrogen and oxygen atoms in total. The summed E-state index contributed by atoms with van der Waals surface area (Å²) < 4.78 is 0. The largest absolute Gasteiger partial charge is 0.388 e. The third-order valence-electron chi connectivity index (χ3n) is 3.71. The summed E-state index contributed by atoms with van der Waals surface area (Å²) >= 11 is 0. The molecule has 0 aliphatic heterocycles. The molecular formula is C18H28O2. The van der Waals surface area contributed by atoms with Gasteiger partial charge in [-0.3, -0.25) is 4.79 Å². The van der Waals surface area contributed by atoms with E-state index >= 15 is 0 Å². The first kappa shape index (κ1) is 16.9. The van der Waals surface area contributed by atoms with Crippen LogP contribution in [0.2, 0.25) is 0 Å². The van der Waals surface area contributed by atoms with Crippen LogP contribution in [0.1, 0.15) is 74.2 Å². The van der Waals surface area contributed by atoms with E-state index in [4.69, 9.17) is 5.11 Å². The fourth-order valence-electron chi connectivity index (χ4n) is 2.45. The van der Waals surface area contributed by atoms with E-state index in [0.717, 1.165) is 6.42 Å². The number of aliphatic hydroxyl groups is 1. The minimum absolute atomic E-state index is 0.192. The maximum absolute atomic E-state index is 11.4. The molecule has 0 fully saturated rings. The van der Waals surface area contributed by atoms with Gasteiger partial charge < -0.3 is 5.11 Å². The van der Waals surface area contributed by atoms with Gasteiger partial charge in [-0.15, -0.1) is 0 Å². The van der Waals surface area contributed by atoms with Gasteiger partial charge in [0, 0.05) is 5.56 Å². The van der Waals surface area contributed by atoms with E-state index in [9.17, 15) is 4.79 Å². The third-order valence-corrected chi connectivity index (χ3v) is 3.71. The zero-order chi connectivity index (χ0) is 14.6. The van der Waals surface area contributed by atoms with Crippen LogP contribution in [-0.4, -0.2) is 17.5 Å². The molecular weight excluding hydrogens is 248 g/mol. The number of unbranched alkanes of at least 4 members (excludes halogenated alkanes) is 7. The average Bonchev–Trinajstić information content (AvgIpc) is 2.49. The van der Waals surface area contributed by atoms with Gasteiger partial charge in [0.1, 0.15) is 6.61 Å². The number of hydrogen-bond acceptors (Lipinski definition) is 2. The van der Waals surface area contributed by atoms with Crippen molar-refractivity contribution in [2.45, 2.75) is 64.7 Å². The number of rotatable bonds is 11. The highest BCUT2D eigenvalue weighted by Gasteiger charge is 2.04. The summed E-state index contributed by atoms with van der Waals surface area (Å²) in [6, 6.07) is 7.66. The standard InChI is InChI=1S/C18H28O2/c1-2-3-4-5-6-7-8-9-11-16-12-10-13-17(14-16)18(20)15-19/h10,12-14,19H,2-9,11,15H2,1H3. The molecule has 0 bridgehead atoms. The number of Topliss-reactive ketones (excluding diaryl/α,β-unsaturated/α-hetero) is 1. The van der Waals surface area contributed by atoms with Crippen LogP contribution in [0.3, 0.4) is 0 Å². The van der Waals surface area contributed by atoms with Crippen LogP contribution >= 0.6 is 0 Å². The Hall–Kier alpha value is -1.15. The topological polar surface area (TPSA) is 37.3 Å². The first-order valence-electron chi connectivity index (χ1n) is 8.01. The Balaban J connectivity index is 2.17. The number of aliphatic hydroxyl groups excluding tert-OH is 1. The molecule has 1 rings (SSSR count). The molecule has 0 radical (unpaired) electrons. The Bertz CT molecular complexity index is 385. The second-order valence-electron chi connectivity index (χ2n) is 5.51. The van der Waals surface area contributed by atoms with Crippen molar-refractivity contribution < 1.29 is 9.90 Å². The van der Waals surface area contributed by atoms with Crippen LogP contribution in [0.15, 0.2) is 24.3 Å². The highest BCUT2D eigenvalue weighted by molar-refractivity contribution is 5.97. The number of hydrogen-bond donors (Lipinski definition) is 1. The van der Waals surface area contributed by atoms with Crippen molar-refractivity contribution in [2.75, 3.05) is 6.61 Å². The van der Waals surface area contributed by atoms with Crippen molar-refractivity contribution in [2.24, 2.45) is 0 Å². The van der Waals surface area contributed by atoms with Crippen LogP contribution in [-0.2, 0) is 6.42 Å². The highest BCUT2D eigenvalue weighted by Crippen LogP contribution is 2.13. The molecule has 0 aromatic heterocycles. The fraction of sp³-hybridized carbons (Fsp3) is 0.611. The SMILES string of the molecule is CCCCCCCCCCc1cccc(C(=O)CO)c1. The molecule has 0 aliphatic rings. The van der Waals surface area contributed by atoms with Crippen LogP contribution in [0.4, 0.5) is 0 Å². The molecule has 112 valence electrons. The van der Waals surface area contributed by atoms with E-state index in [2.05, 4.69) is 13.0 Å². The molecule has 0 saturated carbocycles. The predicted molar refractivity (Wildman–Crippen MR) is 84.2 cm³/mol. The quantitative estimate of drug-likeness (QED) is 0.476. The normalized spacial score (nSPS) is 10.7. The summed E-state index contributed by atoms with van der Waals surface area (Å²) in [7, 11) is 0. The number of ketones is 1. The van der Waals surface area contributed by atoms with E-state index < -0.39 is 6.61 Å². The Morgan fingerprint density at radius 3 is 2.30 bits per heavy atom. The summed E-state index contributed by atoms with van der Waals surface area (Å²) in [5.41, 5.74) is 1.83. The maximum Gasteiger partial charge on any atom is 0.188 e. The van der Waals surface area contributed by atoms with Gasteiger partial charge >= 0.3 is 0 Å². The van der Waals surface area contributed by atoms with Gasteiger partial charge in [-0.05, 0) is 24.5 Å². The molecule has 20 heavy (non-hydrogen) atoms. The van der Waals surface area contributed by atoms with Crippen molar-refractivity contribution in [1.29, 1.82) is 0 Å². The van der Waals surface area contributed by atoms with Crippen LogP contribution in [0, 0.1) is 0 Å². The van der Waals surface area contributed by atoms with Crippen LogP contribution in [0.25, 0.3) is 0 Å². The number of aryl methyl sites for hydroxylation is 1. The second-order valence-corrected chi connectivity index (χ2v) is 5.51. The molecule has 0 heterocycles. The lowest BCUT2D eigenvalue weighted by atomic mass is 10.0. The van der Waals surface area contributed by atoms with Gasteiger partial charge in [-0.25, -0.2) is 0 Å². The number of carbonyl (C=O) groups is 1. The summed E-state index contributed by atoms with van der Waals surface area (Å²) in [5, 5.41) is 8.86. The zero-order valence-electron chi connectivity index (χ0n) is 12.7. The molecule has 0 unspecified atom stereocenters. The second kappa shape index (κ2) is 10.6. The summed E-state index contributed by atoms with van der Waals surface area (Å²) in [6.45, 7) is 1.84. The molecule has 0 saturated heterocycles.